The fraction of sp³-hybridized carbons (Fsp3) is 0.273. The smallest absolute Gasteiger partial charge is 0.406 e. The summed E-state index contributed by atoms with van der Waals surface area (Å²) in [5.74, 6) is 1.04. The zero-order valence-corrected chi connectivity index (χ0v) is 16.4. The van der Waals surface area contributed by atoms with Gasteiger partial charge in [-0.25, -0.2) is 4.98 Å². The van der Waals surface area contributed by atoms with Crippen molar-refractivity contribution in [2.75, 3.05) is 16.8 Å². The van der Waals surface area contributed by atoms with Gasteiger partial charge in [0, 0.05) is 30.5 Å². The van der Waals surface area contributed by atoms with Crippen molar-refractivity contribution in [3.8, 4) is 5.75 Å². The van der Waals surface area contributed by atoms with Crippen LogP contribution in [0.3, 0.4) is 0 Å². The largest absolute Gasteiger partial charge is 0.573 e. The molecule has 0 radical (unpaired) electrons. The highest BCUT2D eigenvalue weighted by molar-refractivity contribution is 5.56. The number of ether oxygens (including phenoxy) is 1. The van der Waals surface area contributed by atoms with Crippen LogP contribution in [-0.2, 0) is 19.4 Å². The molecule has 4 rings (SSSR count). The quantitative estimate of drug-likeness (QED) is 0.619. The van der Waals surface area contributed by atoms with Crippen LogP contribution in [-0.4, -0.2) is 22.9 Å². The highest BCUT2D eigenvalue weighted by Gasteiger charge is 2.31. The Bertz CT molecular complexity index is 1020. The van der Waals surface area contributed by atoms with E-state index in [0.717, 1.165) is 41.3 Å². The SMILES string of the molecule is CCc1cc(N2CCc3ccc(OC(F)(F)F)cc3C2)nc(Nc2ccccc2)n1. The maximum Gasteiger partial charge on any atom is 0.573 e. The number of nitrogens with zero attached hydrogens (tertiary/aromatic N) is 3. The van der Waals surface area contributed by atoms with Crippen molar-refractivity contribution in [3.63, 3.8) is 0 Å². The number of hydrogen-bond acceptors (Lipinski definition) is 5. The van der Waals surface area contributed by atoms with Gasteiger partial charge in [0.15, 0.2) is 0 Å². The van der Waals surface area contributed by atoms with Crippen molar-refractivity contribution in [2.45, 2.75) is 32.7 Å². The van der Waals surface area contributed by atoms with Crippen LogP contribution in [0, 0.1) is 0 Å². The van der Waals surface area contributed by atoms with Gasteiger partial charge in [-0.05, 0) is 48.2 Å². The lowest BCUT2D eigenvalue weighted by Crippen LogP contribution is -2.31. The first-order valence-corrected chi connectivity index (χ1v) is 9.72. The van der Waals surface area contributed by atoms with Crippen molar-refractivity contribution in [2.24, 2.45) is 0 Å². The predicted octanol–water partition coefficient (Wildman–Crippen LogP) is 5.24. The number of aryl methyl sites for hydroxylation is 1. The molecule has 1 aliphatic heterocycles. The second-order valence-electron chi connectivity index (χ2n) is 7.04. The molecule has 0 amide bonds. The van der Waals surface area contributed by atoms with Crippen LogP contribution in [0.1, 0.15) is 23.7 Å². The number of anilines is 3. The molecule has 1 N–H and O–H groups in total. The van der Waals surface area contributed by atoms with E-state index in [1.807, 2.05) is 43.3 Å². The van der Waals surface area contributed by atoms with Crippen LogP contribution in [0.4, 0.5) is 30.6 Å². The van der Waals surface area contributed by atoms with Crippen LogP contribution in [0.5, 0.6) is 5.75 Å². The van der Waals surface area contributed by atoms with Gasteiger partial charge in [-0.15, -0.1) is 13.2 Å². The molecule has 1 aliphatic rings. The molecular weight excluding hydrogens is 393 g/mol. The lowest BCUT2D eigenvalue weighted by atomic mass is 9.99. The molecule has 156 valence electrons. The Balaban J connectivity index is 1.59. The van der Waals surface area contributed by atoms with Gasteiger partial charge in [0.2, 0.25) is 5.95 Å². The molecule has 2 heterocycles. The second-order valence-corrected chi connectivity index (χ2v) is 7.04. The van der Waals surface area contributed by atoms with E-state index >= 15 is 0 Å². The number of alkyl halides is 3. The number of nitrogens with one attached hydrogen (secondary N) is 1. The molecule has 0 atom stereocenters. The second kappa shape index (κ2) is 8.22. The standard InChI is InChI=1S/C22H21F3N4O/c1-2-17-13-20(28-21(26-17)27-18-6-4-3-5-7-18)29-11-10-15-8-9-19(12-16(15)14-29)30-22(23,24)25/h3-9,12-13H,2,10-11,14H2,1H3,(H,26,27,28). The average molecular weight is 414 g/mol. The lowest BCUT2D eigenvalue weighted by Gasteiger charge is -2.30. The fourth-order valence-electron chi connectivity index (χ4n) is 3.46. The van der Waals surface area contributed by atoms with Crippen LogP contribution < -0.4 is 15.0 Å². The Morgan fingerprint density at radius 2 is 1.83 bits per heavy atom. The number of aromatic nitrogens is 2. The van der Waals surface area contributed by atoms with Gasteiger partial charge in [0.1, 0.15) is 11.6 Å². The summed E-state index contributed by atoms with van der Waals surface area (Å²) in [4.78, 5) is 11.2. The van der Waals surface area contributed by atoms with Gasteiger partial charge in [0.05, 0.1) is 0 Å². The number of para-hydroxylation sites is 1. The van der Waals surface area contributed by atoms with Crippen LogP contribution in [0.15, 0.2) is 54.6 Å². The van der Waals surface area contributed by atoms with E-state index in [1.54, 1.807) is 6.07 Å². The Kier molecular flexibility index (Phi) is 5.48. The molecule has 3 aromatic rings. The molecule has 8 heteroatoms. The molecule has 2 aromatic carbocycles. The van der Waals surface area contributed by atoms with E-state index in [0.29, 0.717) is 18.9 Å². The van der Waals surface area contributed by atoms with E-state index < -0.39 is 6.36 Å². The zero-order chi connectivity index (χ0) is 21.1. The first-order valence-electron chi connectivity index (χ1n) is 9.72. The summed E-state index contributed by atoms with van der Waals surface area (Å²) in [6.07, 6.45) is -3.25. The van der Waals surface area contributed by atoms with Gasteiger partial charge < -0.3 is 15.0 Å². The predicted molar refractivity (Wildman–Crippen MR) is 109 cm³/mol. The van der Waals surface area contributed by atoms with Crippen molar-refractivity contribution >= 4 is 17.5 Å². The zero-order valence-electron chi connectivity index (χ0n) is 16.4. The summed E-state index contributed by atoms with van der Waals surface area (Å²) in [7, 11) is 0. The molecule has 30 heavy (non-hydrogen) atoms. The molecule has 0 spiro atoms. The highest BCUT2D eigenvalue weighted by Crippen LogP contribution is 2.30. The van der Waals surface area contributed by atoms with Gasteiger partial charge in [-0.2, -0.15) is 4.98 Å². The highest BCUT2D eigenvalue weighted by atomic mass is 19.4. The Labute approximate surface area is 172 Å². The van der Waals surface area contributed by atoms with E-state index in [4.69, 9.17) is 0 Å². The maximum atomic E-state index is 12.6. The van der Waals surface area contributed by atoms with E-state index in [2.05, 4.69) is 24.9 Å². The molecule has 5 nitrogen and oxygen atoms in total. The summed E-state index contributed by atoms with van der Waals surface area (Å²) in [5, 5.41) is 3.22. The first-order chi connectivity index (χ1) is 14.4. The van der Waals surface area contributed by atoms with Gasteiger partial charge >= 0.3 is 6.36 Å². The summed E-state index contributed by atoms with van der Waals surface area (Å²) < 4.78 is 41.8. The molecule has 0 saturated carbocycles. The maximum absolute atomic E-state index is 12.6. The summed E-state index contributed by atoms with van der Waals surface area (Å²) in [5.41, 5.74) is 3.60. The first kappa shape index (κ1) is 20.0. The monoisotopic (exact) mass is 414 g/mol. The van der Waals surface area contributed by atoms with E-state index in [1.165, 1.54) is 12.1 Å². The average Bonchev–Trinajstić information content (AvgIpc) is 2.72. The number of benzene rings is 2. The fourth-order valence-corrected chi connectivity index (χ4v) is 3.46. The number of fused-ring (bicyclic) bond motifs is 1. The molecular formula is C22H21F3N4O. The third-order valence-electron chi connectivity index (χ3n) is 4.91. The van der Waals surface area contributed by atoms with Crippen LogP contribution in [0.2, 0.25) is 0 Å². The molecule has 0 unspecified atom stereocenters. The summed E-state index contributed by atoms with van der Waals surface area (Å²) in [6, 6.07) is 16.1. The third-order valence-corrected chi connectivity index (χ3v) is 4.91. The minimum atomic E-state index is -4.71. The molecule has 0 fully saturated rings. The van der Waals surface area contributed by atoms with Crippen molar-refractivity contribution in [1.29, 1.82) is 0 Å². The number of halogens is 3. The van der Waals surface area contributed by atoms with Gasteiger partial charge in [0.25, 0.3) is 0 Å². The van der Waals surface area contributed by atoms with E-state index in [-0.39, 0.29) is 5.75 Å². The van der Waals surface area contributed by atoms with Gasteiger partial charge in [-0.1, -0.05) is 31.2 Å². The van der Waals surface area contributed by atoms with Crippen molar-refractivity contribution in [1.82, 2.24) is 9.97 Å². The van der Waals surface area contributed by atoms with Crippen molar-refractivity contribution < 1.29 is 17.9 Å². The minimum Gasteiger partial charge on any atom is -0.406 e. The molecule has 1 aromatic heterocycles. The topological polar surface area (TPSA) is 50.3 Å². The Morgan fingerprint density at radius 1 is 1.03 bits per heavy atom. The van der Waals surface area contributed by atoms with Gasteiger partial charge in [-0.3, -0.25) is 0 Å². The minimum absolute atomic E-state index is 0.202. The Morgan fingerprint density at radius 3 is 2.57 bits per heavy atom. The van der Waals surface area contributed by atoms with Crippen LogP contribution >= 0.6 is 0 Å². The Hall–Kier alpha value is -3.29. The normalized spacial score (nSPS) is 13.7. The van der Waals surface area contributed by atoms with Crippen LogP contribution in [0.25, 0.3) is 0 Å². The number of hydrogen-bond donors (Lipinski definition) is 1. The van der Waals surface area contributed by atoms with Crippen molar-refractivity contribution in [3.05, 3.63) is 71.4 Å². The summed E-state index contributed by atoms with van der Waals surface area (Å²) >= 11 is 0. The number of rotatable bonds is 5. The molecule has 0 saturated heterocycles. The molecule has 0 aliphatic carbocycles. The molecule has 0 bridgehead atoms. The summed E-state index contributed by atoms with van der Waals surface area (Å²) in [6.45, 7) is 3.19. The third kappa shape index (κ3) is 4.82. The van der Waals surface area contributed by atoms with E-state index in [9.17, 15) is 13.2 Å². The lowest BCUT2D eigenvalue weighted by molar-refractivity contribution is -0.274.